The van der Waals surface area contributed by atoms with E-state index < -0.39 is 10.0 Å². The highest BCUT2D eigenvalue weighted by Crippen LogP contribution is 2.46. The summed E-state index contributed by atoms with van der Waals surface area (Å²) in [6, 6.07) is 8.36. The van der Waals surface area contributed by atoms with Crippen LogP contribution in [0.5, 0.6) is 5.75 Å². The first-order valence-electron chi connectivity index (χ1n) is 9.38. The maximum Gasteiger partial charge on any atom is 0.213 e. The van der Waals surface area contributed by atoms with Gasteiger partial charge in [0.1, 0.15) is 11.4 Å². The van der Waals surface area contributed by atoms with Gasteiger partial charge in [0, 0.05) is 13.6 Å². The van der Waals surface area contributed by atoms with Crippen molar-refractivity contribution >= 4 is 10.0 Å². The molecule has 0 radical (unpaired) electrons. The Bertz CT molecular complexity index is 684. The SMILES string of the molecule is CCS(=O)(=O)N(C)CCCC1CC2(CCNCC2)Oc2ccccc21. The first kappa shape index (κ1) is 18.7. The fourth-order valence-corrected chi connectivity index (χ4v) is 4.96. The number of ether oxygens (including phenoxy) is 1. The lowest BCUT2D eigenvalue weighted by molar-refractivity contribution is 0.00599. The van der Waals surface area contributed by atoms with Gasteiger partial charge in [-0.1, -0.05) is 18.2 Å². The summed E-state index contributed by atoms with van der Waals surface area (Å²) < 4.78 is 31.8. The lowest BCUT2D eigenvalue weighted by Crippen LogP contribution is -2.49. The van der Waals surface area contributed by atoms with Crippen molar-refractivity contribution < 1.29 is 13.2 Å². The summed E-state index contributed by atoms with van der Waals surface area (Å²) in [6.07, 6.45) is 5.00. The number of nitrogens with zero attached hydrogens (tertiary/aromatic N) is 1. The second-order valence-electron chi connectivity index (χ2n) is 7.34. The Balaban J connectivity index is 1.69. The average molecular weight is 367 g/mol. The summed E-state index contributed by atoms with van der Waals surface area (Å²) in [4.78, 5) is 0. The van der Waals surface area contributed by atoms with Crippen LogP contribution >= 0.6 is 0 Å². The van der Waals surface area contributed by atoms with Crippen LogP contribution in [0.25, 0.3) is 0 Å². The van der Waals surface area contributed by atoms with Gasteiger partial charge < -0.3 is 10.1 Å². The number of fused-ring (bicyclic) bond motifs is 1. The molecular formula is C19H30N2O3S. The number of sulfonamides is 1. The molecule has 0 aromatic heterocycles. The highest BCUT2D eigenvalue weighted by Gasteiger charge is 2.41. The lowest BCUT2D eigenvalue weighted by Gasteiger charge is -2.45. The molecule has 1 aromatic rings. The first-order chi connectivity index (χ1) is 12.0. The van der Waals surface area contributed by atoms with Gasteiger partial charge in [0.2, 0.25) is 10.0 Å². The van der Waals surface area contributed by atoms with Crippen molar-refractivity contribution in [3.8, 4) is 5.75 Å². The van der Waals surface area contributed by atoms with Gasteiger partial charge in [-0.3, -0.25) is 0 Å². The van der Waals surface area contributed by atoms with Crippen LogP contribution in [0, 0.1) is 0 Å². The third-order valence-electron chi connectivity index (χ3n) is 5.68. The van der Waals surface area contributed by atoms with Gasteiger partial charge in [0.25, 0.3) is 0 Å². The Kier molecular flexibility index (Phi) is 5.71. The van der Waals surface area contributed by atoms with Gasteiger partial charge in [-0.05, 0) is 69.7 Å². The number of piperidine rings is 1. The molecule has 5 nitrogen and oxygen atoms in total. The molecule has 140 valence electrons. The van der Waals surface area contributed by atoms with E-state index in [1.807, 2.05) is 6.07 Å². The third-order valence-corrected chi connectivity index (χ3v) is 7.55. The van der Waals surface area contributed by atoms with Crippen LogP contribution in [-0.2, 0) is 10.0 Å². The Labute approximate surface area is 151 Å². The van der Waals surface area contributed by atoms with Crippen molar-refractivity contribution in [3.63, 3.8) is 0 Å². The molecule has 0 aliphatic carbocycles. The zero-order valence-corrected chi connectivity index (χ0v) is 16.1. The van der Waals surface area contributed by atoms with E-state index in [1.54, 1.807) is 14.0 Å². The quantitative estimate of drug-likeness (QED) is 0.841. The van der Waals surface area contributed by atoms with E-state index in [2.05, 4.69) is 23.5 Å². The zero-order chi connectivity index (χ0) is 17.9. The molecule has 2 aliphatic heterocycles. The van der Waals surface area contributed by atoms with Crippen LogP contribution in [0.3, 0.4) is 0 Å². The van der Waals surface area contributed by atoms with Crippen molar-refractivity contribution in [2.45, 2.75) is 50.5 Å². The van der Waals surface area contributed by atoms with Crippen molar-refractivity contribution in [1.82, 2.24) is 9.62 Å². The molecule has 3 rings (SSSR count). The van der Waals surface area contributed by atoms with Crippen LogP contribution in [0.4, 0.5) is 0 Å². The molecule has 1 aromatic carbocycles. The maximum atomic E-state index is 11.9. The van der Waals surface area contributed by atoms with E-state index in [9.17, 15) is 8.42 Å². The number of nitrogens with one attached hydrogen (secondary N) is 1. The third kappa shape index (κ3) is 4.18. The summed E-state index contributed by atoms with van der Waals surface area (Å²) in [5, 5.41) is 3.42. The molecule has 1 N–H and O–H groups in total. The largest absolute Gasteiger partial charge is 0.487 e. The maximum absolute atomic E-state index is 11.9. The van der Waals surface area contributed by atoms with Crippen LogP contribution in [0.15, 0.2) is 24.3 Å². The highest BCUT2D eigenvalue weighted by atomic mass is 32.2. The number of hydrogen-bond donors (Lipinski definition) is 1. The number of rotatable bonds is 6. The van der Waals surface area contributed by atoms with E-state index in [0.717, 1.165) is 50.9 Å². The highest BCUT2D eigenvalue weighted by molar-refractivity contribution is 7.89. The molecule has 6 heteroatoms. The Morgan fingerprint density at radius 3 is 2.72 bits per heavy atom. The predicted molar refractivity (Wildman–Crippen MR) is 101 cm³/mol. The number of para-hydroxylation sites is 1. The molecule has 0 saturated carbocycles. The van der Waals surface area contributed by atoms with E-state index in [-0.39, 0.29) is 11.4 Å². The van der Waals surface area contributed by atoms with Gasteiger partial charge in [-0.25, -0.2) is 12.7 Å². The average Bonchev–Trinajstić information content (AvgIpc) is 2.62. The fourth-order valence-electron chi connectivity index (χ4n) is 4.11. The number of benzene rings is 1. The fraction of sp³-hybridized carbons (Fsp3) is 0.684. The molecular weight excluding hydrogens is 336 g/mol. The molecule has 2 aliphatic rings. The molecule has 2 heterocycles. The van der Waals surface area contributed by atoms with Gasteiger partial charge >= 0.3 is 0 Å². The van der Waals surface area contributed by atoms with Crippen LogP contribution < -0.4 is 10.1 Å². The molecule has 1 unspecified atom stereocenters. The van der Waals surface area contributed by atoms with Crippen molar-refractivity contribution in [3.05, 3.63) is 29.8 Å². The Morgan fingerprint density at radius 2 is 2.00 bits per heavy atom. The minimum atomic E-state index is -3.09. The van der Waals surface area contributed by atoms with Gasteiger partial charge in [-0.2, -0.15) is 0 Å². The van der Waals surface area contributed by atoms with Gasteiger partial charge in [0.15, 0.2) is 0 Å². The second kappa shape index (κ2) is 7.64. The zero-order valence-electron chi connectivity index (χ0n) is 15.3. The first-order valence-corrected chi connectivity index (χ1v) is 11.0. The monoisotopic (exact) mass is 366 g/mol. The molecule has 1 fully saturated rings. The molecule has 1 spiro atoms. The summed E-state index contributed by atoms with van der Waals surface area (Å²) in [5.41, 5.74) is 1.23. The Hall–Kier alpha value is -1.11. The van der Waals surface area contributed by atoms with Gasteiger partial charge in [0.05, 0.1) is 5.75 Å². The van der Waals surface area contributed by atoms with E-state index in [4.69, 9.17) is 4.74 Å². The van der Waals surface area contributed by atoms with E-state index in [1.165, 1.54) is 9.87 Å². The molecule has 25 heavy (non-hydrogen) atoms. The molecule has 0 bridgehead atoms. The summed E-state index contributed by atoms with van der Waals surface area (Å²) in [5.74, 6) is 1.63. The van der Waals surface area contributed by atoms with Crippen molar-refractivity contribution in [2.75, 3.05) is 32.4 Å². The smallest absolute Gasteiger partial charge is 0.213 e. The molecule has 1 atom stereocenters. The normalized spacial score (nSPS) is 22.6. The second-order valence-corrected chi connectivity index (χ2v) is 9.70. The summed E-state index contributed by atoms with van der Waals surface area (Å²) in [6.45, 7) is 4.30. The standard InChI is InChI=1S/C19H30N2O3S/c1-3-25(22,23)21(2)14-6-7-16-15-19(10-12-20-13-11-19)24-18-9-5-4-8-17(16)18/h4-5,8-9,16,20H,3,6-7,10-15H2,1-2H3. The summed E-state index contributed by atoms with van der Waals surface area (Å²) in [7, 11) is -1.40. The molecule has 1 saturated heterocycles. The lowest BCUT2D eigenvalue weighted by atomic mass is 9.76. The van der Waals surface area contributed by atoms with Crippen molar-refractivity contribution in [1.29, 1.82) is 0 Å². The van der Waals surface area contributed by atoms with Gasteiger partial charge in [-0.15, -0.1) is 0 Å². The van der Waals surface area contributed by atoms with Crippen LogP contribution in [-0.4, -0.2) is 50.8 Å². The van der Waals surface area contributed by atoms with Crippen LogP contribution in [0.2, 0.25) is 0 Å². The number of hydrogen-bond acceptors (Lipinski definition) is 4. The van der Waals surface area contributed by atoms with Crippen molar-refractivity contribution in [2.24, 2.45) is 0 Å². The molecule has 0 amide bonds. The minimum Gasteiger partial charge on any atom is -0.487 e. The summed E-state index contributed by atoms with van der Waals surface area (Å²) >= 11 is 0. The van der Waals surface area contributed by atoms with Crippen LogP contribution in [0.1, 0.15) is 50.5 Å². The predicted octanol–water partition coefficient (Wildman–Crippen LogP) is 2.74. The topological polar surface area (TPSA) is 58.6 Å². The van der Waals surface area contributed by atoms with E-state index in [0.29, 0.717) is 12.5 Å². The Morgan fingerprint density at radius 1 is 1.28 bits per heavy atom. The minimum absolute atomic E-state index is 0.0499. The van der Waals surface area contributed by atoms with E-state index >= 15 is 0 Å².